The lowest BCUT2D eigenvalue weighted by Gasteiger charge is -2.11. The van der Waals surface area contributed by atoms with Crippen molar-refractivity contribution in [3.63, 3.8) is 0 Å². The van der Waals surface area contributed by atoms with Gasteiger partial charge in [0.2, 0.25) is 0 Å². The Morgan fingerprint density at radius 1 is 1.42 bits per heavy atom. The fourth-order valence-electron chi connectivity index (χ4n) is 1.25. The van der Waals surface area contributed by atoms with Gasteiger partial charge < -0.3 is 4.74 Å². The molecule has 1 aromatic carbocycles. The van der Waals surface area contributed by atoms with Crippen LogP contribution in [0.4, 0.5) is 23.7 Å². The molecule has 0 atom stereocenters. The van der Waals surface area contributed by atoms with Crippen molar-refractivity contribution < 1.29 is 22.7 Å². The summed E-state index contributed by atoms with van der Waals surface area (Å²) in [5.41, 5.74) is -1.02. The number of ether oxygens (including phenoxy) is 1. The van der Waals surface area contributed by atoms with Gasteiger partial charge in [-0.2, -0.15) is 13.2 Å². The molecular formula is C12H13ClF3NO2. The number of unbranched alkanes of at least 4 members (excludes halogenated alkanes) is 1. The first-order valence-electron chi connectivity index (χ1n) is 5.65. The largest absolute Gasteiger partial charge is 0.449 e. The summed E-state index contributed by atoms with van der Waals surface area (Å²) in [6.07, 6.45) is -3.79. The first kappa shape index (κ1) is 15.6. The van der Waals surface area contributed by atoms with Crippen LogP contribution in [-0.2, 0) is 10.9 Å². The highest BCUT2D eigenvalue weighted by Gasteiger charge is 2.31. The van der Waals surface area contributed by atoms with Gasteiger partial charge in [-0.05, 0) is 24.6 Å². The number of carbonyl (C=O) groups is 1. The Hall–Kier alpha value is -1.43. The molecule has 0 aliphatic carbocycles. The number of amides is 1. The quantitative estimate of drug-likeness (QED) is 0.817. The number of anilines is 1. The molecule has 7 heteroatoms. The number of alkyl halides is 3. The SMILES string of the molecule is CCCCOC(=O)Nc1cc(C(F)(F)F)ccc1Cl. The van der Waals surface area contributed by atoms with Crippen molar-refractivity contribution in [2.75, 3.05) is 11.9 Å². The van der Waals surface area contributed by atoms with Crippen LogP contribution in [0.5, 0.6) is 0 Å². The fraction of sp³-hybridized carbons (Fsp3) is 0.417. The second-order valence-electron chi connectivity index (χ2n) is 3.81. The van der Waals surface area contributed by atoms with Crippen LogP contribution >= 0.6 is 11.6 Å². The van der Waals surface area contributed by atoms with E-state index >= 15 is 0 Å². The molecule has 1 N–H and O–H groups in total. The Labute approximate surface area is 113 Å². The average Bonchev–Trinajstić information content (AvgIpc) is 2.31. The Balaban J connectivity index is 2.74. The lowest BCUT2D eigenvalue weighted by atomic mass is 10.2. The number of halogens is 4. The molecule has 0 fully saturated rings. The number of hydrogen-bond donors (Lipinski definition) is 1. The van der Waals surface area contributed by atoms with E-state index in [1.54, 1.807) is 0 Å². The topological polar surface area (TPSA) is 38.3 Å². The van der Waals surface area contributed by atoms with Crippen LogP contribution in [0.1, 0.15) is 25.3 Å². The van der Waals surface area contributed by atoms with Crippen LogP contribution < -0.4 is 5.32 Å². The van der Waals surface area contributed by atoms with E-state index in [1.807, 2.05) is 6.92 Å². The molecule has 106 valence electrons. The predicted molar refractivity (Wildman–Crippen MR) is 66.3 cm³/mol. The first-order chi connectivity index (χ1) is 8.84. The molecule has 1 aromatic rings. The maximum atomic E-state index is 12.5. The Kier molecular flexibility index (Phi) is 5.47. The maximum Gasteiger partial charge on any atom is 0.416 e. The van der Waals surface area contributed by atoms with Gasteiger partial charge in [0.15, 0.2) is 0 Å². The molecule has 1 rings (SSSR count). The summed E-state index contributed by atoms with van der Waals surface area (Å²) in [4.78, 5) is 11.3. The molecule has 0 unspecified atom stereocenters. The van der Waals surface area contributed by atoms with Crippen molar-refractivity contribution in [1.29, 1.82) is 0 Å². The van der Waals surface area contributed by atoms with Gasteiger partial charge in [0.25, 0.3) is 0 Å². The van der Waals surface area contributed by atoms with Gasteiger partial charge in [-0.1, -0.05) is 24.9 Å². The van der Waals surface area contributed by atoms with E-state index in [0.717, 1.165) is 24.6 Å². The number of hydrogen-bond acceptors (Lipinski definition) is 2. The first-order valence-corrected chi connectivity index (χ1v) is 6.03. The third-order valence-electron chi connectivity index (χ3n) is 2.26. The zero-order valence-corrected chi connectivity index (χ0v) is 10.9. The van der Waals surface area contributed by atoms with Gasteiger partial charge in [0, 0.05) is 0 Å². The molecule has 1 amide bonds. The zero-order chi connectivity index (χ0) is 14.5. The Bertz CT molecular complexity index is 449. The summed E-state index contributed by atoms with van der Waals surface area (Å²) in [6, 6.07) is 2.69. The average molecular weight is 296 g/mol. The molecule has 0 saturated heterocycles. The van der Waals surface area contributed by atoms with Gasteiger partial charge in [-0.25, -0.2) is 4.79 Å². The standard InChI is InChI=1S/C12H13ClF3NO2/c1-2-3-6-19-11(18)17-10-7-8(12(14,15)16)4-5-9(10)13/h4-5,7H,2-3,6H2,1H3,(H,17,18). The van der Waals surface area contributed by atoms with E-state index in [1.165, 1.54) is 0 Å². The van der Waals surface area contributed by atoms with Crippen molar-refractivity contribution in [3.8, 4) is 0 Å². The number of rotatable bonds is 4. The molecule has 0 aliphatic rings. The molecule has 0 saturated carbocycles. The van der Waals surface area contributed by atoms with Crippen LogP contribution in [0.3, 0.4) is 0 Å². The molecule has 0 spiro atoms. The zero-order valence-electron chi connectivity index (χ0n) is 10.2. The smallest absolute Gasteiger partial charge is 0.416 e. The molecule has 0 bridgehead atoms. The van der Waals surface area contributed by atoms with E-state index < -0.39 is 17.8 Å². The van der Waals surface area contributed by atoms with Gasteiger partial charge in [0.1, 0.15) is 0 Å². The van der Waals surface area contributed by atoms with Crippen LogP contribution in [0.15, 0.2) is 18.2 Å². The van der Waals surface area contributed by atoms with Gasteiger partial charge >= 0.3 is 12.3 Å². The van der Waals surface area contributed by atoms with Crippen LogP contribution in [-0.4, -0.2) is 12.7 Å². The number of benzene rings is 1. The molecule has 0 aromatic heterocycles. The van der Waals surface area contributed by atoms with E-state index in [4.69, 9.17) is 16.3 Å². The van der Waals surface area contributed by atoms with E-state index in [0.29, 0.717) is 6.42 Å². The third-order valence-corrected chi connectivity index (χ3v) is 2.59. The predicted octanol–water partition coefficient (Wildman–Crippen LogP) is 4.71. The van der Waals surface area contributed by atoms with Gasteiger partial charge in [-0.3, -0.25) is 5.32 Å². The molecule has 0 radical (unpaired) electrons. The normalized spacial score (nSPS) is 11.2. The molecule has 3 nitrogen and oxygen atoms in total. The lowest BCUT2D eigenvalue weighted by Crippen LogP contribution is -2.15. The third kappa shape index (κ3) is 4.98. The van der Waals surface area contributed by atoms with Crippen molar-refractivity contribution in [1.82, 2.24) is 0 Å². The van der Waals surface area contributed by atoms with Gasteiger partial charge in [0.05, 0.1) is 22.9 Å². The van der Waals surface area contributed by atoms with E-state index in [2.05, 4.69) is 5.32 Å². The Morgan fingerprint density at radius 3 is 2.68 bits per heavy atom. The molecule has 0 aliphatic heterocycles. The Morgan fingerprint density at radius 2 is 2.11 bits per heavy atom. The highest BCUT2D eigenvalue weighted by Crippen LogP contribution is 2.33. The minimum absolute atomic E-state index is 0.0143. The summed E-state index contributed by atoms with van der Waals surface area (Å²) in [5.74, 6) is 0. The highest BCUT2D eigenvalue weighted by molar-refractivity contribution is 6.33. The van der Waals surface area contributed by atoms with Crippen molar-refractivity contribution >= 4 is 23.4 Å². The van der Waals surface area contributed by atoms with Crippen molar-refractivity contribution in [2.45, 2.75) is 25.9 Å². The summed E-state index contributed by atoms with van der Waals surface area (Å²) in [5, 5.41) is 2.20. The molecule has 0 heterocycles. The second-order valence-corrected chi connectivity index (χ2v) is 4.21. The summed E-state index contributed by atoms with van der Waals surface area (Å²) < 4.78 is 42.3. The molecular weight excluding hydrogens is 283 g/mol. The molecule has 19 heavy (non-hydrogen) atoms. The maximum absolute atomic E-state index is 12.5. The van der Waals surface area contributed by atoms with Crippen molar-refractivity contribution in [3.05, 3.63) is 28.8 Å². The number of nitrogens with one attached hydrogen (secondary N) is 1. The highest BCUT2D eigenvalue weighted by atomic mass is 35.5. The monoisotopic (exact) mass is 295 g/mol. The van der Waals surface area contributed by atoms with Crippen molar-refractivity contribution in [2.24, 2.45) is 0 Å². The fourth-order valence-corrected chi connectivity index (χ4v) is 1.42. The lowest BCUT2D eigenvalue weighted by molar-refractivity contribution is -0.137. The van der Waals surface area contributed by atoms with E-state index in [-0.39, 0.29) is 17.3 Å². The summed E-state index contributed by atoms with van der Waals surface area (Å²) >= 11 is 5.71. The minimum atomic E-state index is -4.49. The van der Waals surface area contributed by atoms with E-state index in [9.17, 15) is 18.0 Å². The van der Waals surface area contributed by atoms with Crippen LogP contribution in [0.2, 0.25) is 5.02 Å². The summed E-state index contributed by atoms with van der Waals surface area (Å²) in [7, 11) is 0. The van der Waals surface area contributed by atoms with Gasteiger partial charge in [-0.15, -0.1) is 0 Å². The van der Waals surface area contributed by atoms with Crippen LogP contribution in [0.25, 0.3) is 0 Å². The second kappa shape index (κ2) is 6.65. The van der Waals surface area contributed by atoms with Crippen LogP contribution in [0, 0.1) is 0 Å². The minimum Gasteiger partial charge on any atom is -0.449 e. The number of carbonyl (C=O) groups excluding carboxylic acids is 1. The summed E-state index contributed by atoms with van der Waals surface area (Å²) in [6.45, 7) is 2.13.